The van der Waals surface area contributed by atoms with Crippen LogP contribution in [-0.4, -0.2) is 48.2 Å². The highest BCUT2D eigenvalue weighted by atomic mass is 32.2. The van der Waals surface area contributed by atoms with Crippen molar-refractivity contribution in [1.82, 2.24) is 14.3 Å². The zero-order valence-corrected chi connectivity index (χ0v) is 15.9. The number of aromatic nitrogens is 2. The molecule has 0 radical (unpaired) electrons. The molecule has 3 rings (SSSR count). The number of hydrogen-bond acceptors (Lipinski definition) is 6. The molecule has 0 amide bonds. The number of ether oxygens (including phenoxy) is 2. The smallest absolute Gasteiger partial charge is 0.473 e. The Morgan fingerprint density at radius 2 is 1.82 bits per heavy atom. The lowest BCUT2D eigenvalue weighted by Crippen LogP contribution is -2.31. The molecule has 0 aliphatic carbocycles. The van der Waals surface area contributed by atoms with E-state index < -0.39 is 22.1 Å². The number of hydrogen-bond donors (Lipinski definition) is 0. The molecule has 28 heavy (non-hydrogen) atoms. The van der Waals surface area contributed by atoms with Crippen molar-refractivity contribution in [2.75, 3.05) is 13.1 Å². The first-order valence-electron chi connectivity index (χ1n) is 8.38. The van der Waals surface area contributed by atoms with Gasteiger partial charge >= 0.3 is 6.36 Å². The number of sulfonamides is 1. The molecular weight excluding hydrogens is 399 g/mol. The number of rotatable bonds is 5. The van der Waals surface area contributed by atoms with Crippen LogP contribution in [0.25, 0.3) is 0 Å². The van der Waals surface area contributed by atoms with E-state index in [4.69, 9.17) is 4.74 Å². The van der Waals surface area contributed by atoms with E-state index in [1.54, 1.807) is 19.9 Å². The first kappa shape index (κ1) is 20.3. The van der Waals surface area contributed by atoms with Crippen molar-refractivity contribution in [2.45, 2.75) is 37.6 Å². The molecule has 1 atom stereocenters. The van der Waals surface area contributed by atoms with Crippen molar-refractivity contribution in [1.29, 1.82) is 0 Å². The second-order valence-electron chi connectivity index (χ2n) is 6.31. The van der Waals surface area contributed by atoms with Crippen molar-refractivity contribution in [3.05, 3.63) is 41.9 Å². The van der Waals surface area contributed by atoms with E-state index in [9.17, 15) is 21.6 Å². The molecule has 0 spiro atoms. The van der Waals surface area contributed by atoms with Crippen LogP contribution < -0.4 is 9.47 Å². The molecule has 0 unspecified atom stereocenters. The minimum Gasteiger partial charge on any atom is -0.473 e. The number of benzene rings is 1. The predicted octanol–water partition coefficient (Wildman–Crippen LogP) is 2.83. The minimum atomic E-state index is -4.84. The maximum Gasteiger partial charge on any atom is 0.573 e. The lowest BCUT2D eigenvalue weighted by molar-refractivity contribution is -0.274. The van der Waals surface area contributed by atoms with Gasteiger partial charge in [0.05, 0.1) is 11.4 Å². The molecule has 2 aromatic rings. The Morgan fingerprint density at radius 3 is 2.43 bits per heavy atom. The van der Waals surface area contributed by atoms with E-state index in [0.717, 1.165) is 30.0 Å². The fourth-order valence-corrected chi connectivity index (χ4v) is 4.38. The molecule has 1 aromatic heterocycles. The lowest BCUT2D eigenvalue weighted by Gasteiger charge is -2.17. The van der Waals surface area contributed by atoms with Gasteiger partial charge in [-0.3, -0.25) is 0 Å². The normalized spacial score (nSPS) is 18.2. The van der Waals surface area contributed by atoms with Gasteiger partial charge in [-0.2, -0.15) is 9.29 Å². The molecule has 1 fully saturated rings. The summed E-state index contributed by atoms with van der Waals surface area (Å²) in [5, 5.41) is 0. The highest BCUT2D eigenvalue weighted by Crippen LogP contribution is 2.27. The third kappa shape index (κ3) is 4.90. The van der Waals surface area contributed by atoms with Crippen LogP contribution in [0.4, 0.5) is 13.2 Å². The third-order valence-electron chi connectivity index (χ3n) is 4.03. The Kier molecular flexibility index (Phi) is 5.48. The molecule has 1 aliphatic rings. The molecule has 0 saturated carbocycles. The van der Waals surface area contributed by atoms with E-state index in [-0.39, 0.29) is 24.1 Å². The van der Waals surface area contributed by atoms with E-state index >= 15 is 0 Å². The average Bonchev–Trinajstić information content (AvgIpc) is 3.02. The molecule has 0 bridgehead atoms. The fourth-order valence-electron chi connectivity index (χ4n) is 2.89. The summed E-state index contributed by atoms with van der Waals surface area (Å²) in [6, 6.07) is 5.78. The molecule has 7 nitrogen and oxygen atoms in total. The summed E-state index contributed by atoms with van der Waals surface area (Å²) in [6.45, 7) is 3.89. The maximum absolute atomic E-state index is 12.7. The fraction of sp³-hybridized carbons (Fsp3) is 0.412. The van der Waals surface area contributed by atoms with E-state index in [1.807, 2.05) is 0 Å². The predicted molar refractivity (Wildman–Crippen MR) is 92.4 cm³/mol. The molecule has 11 heteroatoms. The second kappa shape index (κ2) is 7.55. The third-order valence-corrected chi connectivity index (χ3v) is 5.91. The highest BCUT2D eigenvalue weighted by molar-refractivity contribution is 7.89. The second-order valence-corrected chi connectivity index (χ2v) is 8.24. The zero-order valence-electron chi connectivity index (χ0n) is 15.1. The van der Waals surface area contributed by atoms with E-state index in [2.05, 4.69) is 14.7 Å². The summed E-state index contributed by atoms with van der Waals surface area (Å²) >= 11 is 0. The monoisotopic (exact) mass is 417 g/mol. The number of nitrogens with zero attached hydrogens (tertiary/aromatic N) is 3. The lowest BCUT2D eigenvalue weighted by atomic mass is 10.3. The molecule has 1 aromatic carbocycles. The van der Waals surface area contributed by atoms with E-state index in [0.29, 0.717) is 18.1 Å². The zero-order chi connectivity index (χ0) is 20.5. The van der Waals surface area contributed by atoms with Crippen molar-refractivity contribution in [3.8, 4) is 11.6 Å². The Balaban J connectivity index is 1.68. The van der Waals surface area contributed by atoms with Crippen molar-refractivity contribution in [2.24, 2.45) is 0 Å². The summed E-state index contributed by atoms with van der Waals surface area (Å²) in [5.74, 6) is 0.449. The van der Waals surface area contributed by atoms with Crippen LogP contribution >= 0.6 is 0 Å². The Morgan fingerprint density at radius 1 is 1.14 bits per heavy atom. The molecular formula is C17H18F3N3O4S. The molecule has 1 aliphatic heterocycles. The minimum absolute atomic E-state index is 0.114. The Bertz CT molecular complexity index is 929. The van der Waals surface area contributed by atoms with Gasteiger partial charge in [0.25, 0.3) is 0 Å². The quantitative estimate of drug-likeness (QED) is 0.744. The highest BCUT2D eigenvalue weighted by Gasteiger charge is 2.35. The first-order valence-corrected chi connectivity index (χ1v) is 9.82. The van der Waals surface area contributed by atoms with Gasteiger partial charge in [0.1, 0.15) is 17.7 Å². The van der Waals surface area contributed by atoms with Gasteiger partial charge in [0.15, 0.2) is 0 Å². The van der Waals surface area contributed by atoms with E-state index in [1.165, 1.54) is 4.31 Å². The summed E-state index contributed by atoms with van der Waals surface area (Å²) in [6.07, 6.45) is -4.75. The summed E-state index contributed by atoms with van der Waals surface area (Å²) < 4.78 is 72.9. The van der Waals surface area contributed by atoms with Crippen LogP contribution in [0.15, 0.2) is 35.2 Å². The molecule has 1 saturated heterocycles. The van der Waals surface area contributed by atoms with Crippen LogP contribution in [0.5, 0.6) is 11.6 Å². The van der Waals surface area contributed by atoms with Crippen molar-refractivity contribution in [3.63, 3.8) is 0 Å². The van der Waals surface area contributed by atoms with Crippen LogP contribution in [0, 0.1) is 13.8 Å². The molecule has 152 valence electrons. The number of aryl methyl sites for hydroxylation is 2. The largest absolute Gasteiger partial charge is 0.573 e. The van der Waals surface area contributed by atoms with Crippen molar-refractivity contribution >= 4 is 10.0 Å². The SMILES string of the molecule is Cc1cc(O[C@H]2CCN(S(=O)(=O)c3ccc(OC(F)(F)F)cc3)C2)nc(C)n1. The van der Waals surface area contributed by atoms with Gasteiger partial charge < -0.3 is 9.47 Å². The summed E-state index contributed by atoms with van der Waals surface area (Å²) in [5.41, 5.74) is 0.742. The van der Waals surface area contributed by atoms with Gasteiger partial charge in [-0.15, -0.1) is 13.2 Å². The summed E-state index contributed by atoms with van der Waals surface area (Å²) in [7, 11) is -3.86. The van der Waals surface area contributed by atoms with Crippen LogP contribution in [0.2, 0.25) is 0 Å². The van der Waals surface area contributed by atoms with Crippen molar-refractivity contribution < 1.29 is 31.1 Å². The van der Waals surface area contributed by atoms with Crippen LogP contribution in [0.3, 0.4) is 0 Å². The summed E-state index contributed by atoms with van der Waals surface area (Å²) in [4.78, 5) is 8.21. The topological polar surface area (TPSA) is 81.6 Å². The van der Waals surface area contributed by atoms with Gasteiger partial charge in [-0.05, 0) is 44.5 Å². The molecule has 0 N–H and O–H groups in total. The standard InChI is InChI=1S/C17H18F3N3O4S/c1-11-9-16(22-12(2)21-11)26-14-7-8-23(10-14)28(24,25)15-5-3-13(4-6-15)27-17(18,19)20/h3-6,9,14H,7-8,10H2,1-2H3/t14-/m0/s1. The molecule has 2 heterocycles. The Hall–Kier alpha value is -2.40. The first-order chi connectivity index (χ1) is 13.0. The maximum atomic E-state index is 12.7. The Labute approximate surface area is 160 Å². The van der Waals surface area contributed by atoms with Gasteiger partial charge in [-0.25, -0.2) is 13.4 Å². The van der Waals surface area contributed by atoms with Gasteiger partial charge in [-0.1, -0.05) is 0 Å². The number of halogens is 3. The van der Waals surface area contributed by atoms with Gasteiger partial charge in [0, 0.05) is 18.3 Å². The average molecular weight is 417 g/mol. The van der Waals surface area contributed by atoms with Crippen LogP contribution in [0.1, 0.15) is 17.9 Å². The van der Waals surface area contributed by atoms with Crippen LogP contribution in [-0.2, 0) is 10.0 Å². The number of alkyl halides is 3. The van der Waals surface area contributed by atoms with Gasteiger partial charge in [0.2, 0.25) is 15.9 Å².